The fraction of sp³-hybridized carbons (Fsp3) is 0. The summed E-state index contributed by atoms with van der Waals surface area (Å²) in [5.74, 6) is 0. The predicted octanol–water partition coefficient (Wildman–Crippen LogP) is 11.7. The van der Waals surface area contributed by atoms with Gasteiger partial charge in [-0.05, 0) is 93.0 Å². The Hall–Kier alpha value is -6.78. The Morgan fingerprint density at radius 3 is 1.32 bits per heavy atom. The first-order valence-corrected chi connectivity index (χ1v) is 17.0. The second-order valence-corrected chi connectivity index (χ2v) is 13.0. The molecule has 0 saturated carbocycles. The largest absolute Gasteiger partial charge is 0.308 e. The third kappa shape index (κ3) is 3.76. The van der Waals surface area contributed by atoms with E-state index >= 15 is 0 Å². The lowest BCUT2D eigenvalue weighted by Gasteiger charge is -2.23. The van der Waals surface area contributed by atoms with Gasteiger partial charge in [-0.3, -0.25) is 9.97 Å². The van der Waals surface area contributed by atoms with Gasteiger partial charge in [0.1, 0.15) is 0 Å². The summed E-state index contributed by atoms with van der Waals surface area (Å²) in [5, 5.41) is 4.78. The molecule has 4 heteroatoms. The van der Waals surface area contributed by atoms with Crippen LogP contribution in [-0.4, -0.2) is 19.1 Å². The SMILES string of the molecule is c1ccc2c(c1)-c1ccccc1-c1ccc(-n3c4ccc(-n5c6ccccc6c6ccncc65)cc4c4ccncc43)cc1-c1ccccc1-2. The van der Waals surface area contributed by atoms with Crippen molar-refractivity contribution in [2.45, 2.75) is 0 Å². The van der Waals surface area contributed by atoms with Crippen LogP contribution < -0.4 is 0 Å². The van der Waals surface area contributed by atoms with E-state index in [1.165, 1.54) is 71.6 Å². The standard InChI is InChI=1S/C46H28N4/c1-2-10-32-31(9-1)33-11-3-4-13-35(33)37-19-17-29(25-41(37)36-14-6-5-12-34(32)36)50-44-20-18-30(26-42(44)40-22-24-48-28-46(40)50)49-43-16-8-7-15-38(43)39-21-23-47-27-45(39)49/h1-28H. The number of aromatic nitrogens is 4. The van der Waals surface area contributed by atoms with Gasteiger partial charge in [-0.25, -0.2) is 0 Å². The molecule has 1 aliphatic rings. The minimum Gasteiger partial charge on any atom is -0.308 e. The van der Waals surface area contributed by atoms with Crippen LogP contribution in [0.2, 0.25) is 0 Å². The summed E-state index contributed by atoms with van der Waals surface area (Å²) in [4.78, 5) is 9.13. The molecule has 10 aromatic rings. The molecule has 232 valence electrons. The van der Waals surface area contributed by atoms with Crippen LogP contribution in [-0.2, 0) is 0 Å². The Balaban J connectivity index is 1.18. The smallest absolute Gasteiger partial charge is 0.0724 e. The van der Waals surface area contributed by atoms with Crippen molar-refractivity contribution in [2.24, 2.45) is 0 Å². The average molecular weight is 637 g/mol. The Morgan fingerprint density at radius 1 is 0.300 bits per heavy atom. The minimum absolute atomic E-state index is 1.08. The molecule has 0 amide bonds. The second kappa shape index (κ2) is 10.4. The number of nitrogens with zero attached hydrogens (tertiary/aromatic N) is 4. The van der Waals surface area contributed by atoms with Crippen molar-refractivity contribution in [1.82, 2.24) is 19.1 Å². The quantitative estimate of drug-likeness (QED) is 0.189. The first-order chi connectivity index (χ1) is 24.8. The van der Waals surface area contributed by atoms with Crippen LogP contribution in [0, 0.1) is 0 Å². The van der Waals surface area contributed by atoms with Gasteiger partial charge in [0.25, 0.3) is 0 Å². The Labute approximate surface area is 288 Å². The molecule has 0 bridgehead atoms. The summed E-state index contributed by atoms with van der Waals surface area (Å²) in [6.07, 6.45) is 7.74. The number of hydrogen-bond acceptors (Lipinski definition) is 2. The topological polar surface area (TPSA) is 35.6 Å². The van der Waals surface area contributed by atoms with Gasteiger partial charge in [0.2, 0.25) is 0 Å². The number of benzene rings is 6. The highest BCUT2D eigenvalue weighted by molar-refractivity contribution is 6.12. The van der Waals surface area contributed by atoms with E-state index in [0.29, 0.717) is 0 Å². The molecule has 4 heterocycles. The predicted molar refractivity (Wildman–Crippen MR) is 206 cm³/mol. The lowest BCUT2D eigenvalue weighted by Crippen LogP contribution is -2.00. The summed E-state index contributed by atoms with van der Waals surface area (Å²) in [5.41, 5.74) is 16.6. The highest BCUT2D eigenvalue weighted by Gasteiger charge is 2.23. The van der Waals surface area contributed by atoms with Crippen LogP contribution >= 0.6 is 0 Å². The number of fused-ring (bicyclic) bond motifs is 14. The van der Waals surface area contributed by atoms with E-state index in [1.54, 1.807) is 0 Å². The molecule has 0 radical (unpaired) electrons. The van der Waals surface area contributed by atoms with Crippen molar-refractivity contribution in [3.63, 3.8) is 0 Å². The van der Waals surface area contributed by atoms with E-state index in [2.05, 4.69) is 165 Å². The van der Waals surface area contributed by atoms with Crippen LogP contribution in [0.15, 0.2) is 170 Å². The molecular weight excluding hydrogens is 609 g/mol. The lowest BCUT2D eigenvalue weighted by atomic mass is 9.81. The first kappa shape index (κ1) is 27.2. The number of pyridine rings is 2. The molecule has 0 aliphatic heterocycles. The fourth-order valence-corrected chi connectivity index (χ4v) is 8.36. The van der Waals surface area contributed by atoms with E-state index in [-0.39, 0.29) is 0 Å². The van der Waals surface area contributed by atoms with E-state index in [1.807, 2.05) is 24.8 Å². The minimum atomic E-state index is 1.08. The van der Waals surface area contributed by atoms with Crippen molar-refractivity contribution < 1.29 is 0 Å². The van der Waals surface area contributed by atoms with Crippen LogP contribution in [0.5, 0.6) is 0 Å². The Morgan fingerprint density at radius 2 is 0.720 bits per heavy atom. The van der Waals surface area contributed by atoms with Gasteiger partial charge in [-0.2, -0.15) is 0 Å². The zero-order chi connectivity index (χ0) is 32.8. The number of rotatable bonds is 2. The van der Waals surface area contributed by atoms with Gasteiger partial charge in [0.05, 0.1) is 34.5 Å². The van der Waals surface area contributed by atoms with Crippen LogP contribution in [0.25, 0.3) is 99.5 Å². The molecule has 0 saturated heterocycles. The molecule has 6 aromatic carbocycles. The number of hydrogen-bond donors (Lipinski definition) is 0. The van der Waals surface area contributed by atoms with Crippen molar-refractivity contribution in [1.29, 1.82) is 0 Å². The van der Waals surface area contributed by atoms with E-state index in [9.17, 15) is 0 Å². The monoisotopic (exact) mass is 636 g/mol. The van der Waals surface area contributed by atoms with Crippen LogP contribution in [0.4, 0.5) is 0 Å². The maximum atomic E-state index is 4.62. The summed E-state index contributed by atoms with van der Waals surface area (Å²) in [6, 6.07) is 53.0. The van der Waals surface area contributed by atoms with Gasteiger partial charge >= 0.3 is 0 Å². The van der Waals surface area contributed by atoms with Crippen molar-refractivity contribution in [3.8, 4) is 55.9 Å². The molecule has 50 heavy (non-hydrogen) atoms. The highest BCUT2D eigenvalue weighted by atomic mass is 15.0. The number of para-hydroxylation sites is 1. The third-order valence-electron chi connectivity index (χ3n) is 10.5. The van der Waals surface area contributed by atoms with Crippen LogP contribution in [0.1, 0.15) is 0 Å². The summed E-state index contributed by atoms with van der Waals surface area (Å²) < 4.78 is 4.70. The van der Waals surface area contributed by atoms with E-state index < -0.39 is 0 Å². The van der Waals surface area contributed by atoms with Crippen molar-refractivity contribution >= 4 is 43.6 Å². The van der Waals surface area contributed by atoms with Crippen molar-refractivity contribution in [3.05, 3.63) is 170 Å². The Bertz CT molecular complexity index is 2940. The third-order valence-corrected chi connectivity index (χ3v) is 10.5. The maximum absolute atomic E-state index is 4.62. The molecule has 0 N–H and O–H groups in total. The molecule has 4 aromatic heterocycles. The average Bonchev–Trinajstić information content (AvgIpc) is 3.70. The maximum Gasteiger partial charge on any atom is 0.0724 e. The molecule has 11 rings (SSSR count). The van der Waals surface area contributed by atoms with Gasteiger partial charge in [-0.15, -0.1) is 0 Å². The lowest BCUT2D eigenvalue weighted by molar-refractivity contribution is 1.15. The second-order valence-electron chi connectivity index (χ2n) is 13.0. The molecule has 0 unspecified atom stereocenters. The fourth-order valence-electron chi connectivity index (χ4n) is 8.36. The van der Waals surface area contributed by atoms with E-state index in [4.69, 9.17) is 0 Å². The van der Waals surface area contributed by atoms with Gasteiger partial charge in [0.15, 0.2) is 0 Å². The highest BCUT2D eigenvalue weighted by Crippen LogP contribution is 2.48. The normalized spacial score (nSPS) is 12.0. The molecule has 1 aliphatic carbocycles. The first-order valence-electron chi connectivity index (χ1n) is 17.0. The van der Waals surface area contributed by atoms with E-state index in [0.717, 1.165) is 27.9 Å². The molecule has 0 fully saturated rings. The zero-order valence-electron chi connectivity index (χ0n) is 27.0. The van der Waals surface area contributed by atoms with Gasteiger partial charge < -0.3 is 9.13 Å². The molecule has 4 nitrogen and oxygen atoms in total. The molecular formula is C46H28N4. The molecule has 0 atom stereocenters. The van der Waals surface area contributed by atoms with Crippen LogP contribution in [0.3, 0.4) is 0 Å². The molecule has 0 spiro atoms. The summed E-state index contributed by atoms with van der Waals surface area (Å²) in [6.45, 7) is 0. The van der Waals surface area contributed by atoms with Gasteiger partial charge in [0, 0.05) is 45.3 Å². The van der Waals surface area contributed by atoms with Gasteiger partial charge in [-0.1, -0.05) is 97.1 Å². The summed E-state index contributed by atoms with van der Waals surface area (Å²) in [7, 11) is 0. The Kier molecular flexibility index (Phi) is 5.63. The summed E-state index contributed by atoms with van der Waals surface area (Å²) >= 11 is 0. The zero-order valence-corrected chi connectivity index (χ0v) is 27.0. The van der Waals surface area contributed by atoms with Crippen molar-refractivity contribution in [2.75, 3.05) is 0 Å².